The summed E-state index contributed by atoms with van der Waals surface area (Å²) in [5.74, 6) is -0.120. The SMILES string of the molecule is CC(=O)Nc1cccc(CNC(=O)N(C)Cc2ccc(N3CCOCC3)cc2)c1. The number of morpholine rings is 1. The quantitative estimate of drug-likeness (QED) is 0.788. The molecule has 7 nitrogen and oxygen atoms in total. The summed E-state index contributed by atoms with van der Waals surface area (Å²) in [6.07, 6.45) is 0. The third-order valence-corrected chi connectivity index (χ3v) is 4.77. The van der Waals surface area contributed by atoms with E-state index in [4.69, 9.17) is 4.74 Å². The van der Waals surface area contributed by atoms with E-state index in [1.165, 1.54) is 12.6 Å². The largest absolute Gasteiger partial charge is 0.378 e. The summed E-state index contributed by atoms with van der Waals surface area (Å²) >= 11 is 0. The van der Waals surface area contributed by atoms with E-state index in [2.05, 4.69) is 39.8 Å². The lowest BCUT2D eigenvalue weighted by molar-refractivity contribution is -0.114. The molecule has 0 aliphatic carbocycles. The highest BCUT2D eigenvalue weighted by Crippen LogP contribution is 2.17. The third-order valence-electron chi connectivity index (χ3n) is 4.77. The van der Waals surface area contributed by atoms with Gasteiger partial charge in [-0.05, 0) is 35.4 Å². The molecule has 3 rings (SSSR count). The molecule has 7 heteroatoms. The molecular weight excluding hydrogens is 368 g/mol. The topological polar surface area (TPSA) is 73.9 Å². The third kappa shape index (κ3) is 6.22. The Hall–Kier alpha value is -3.06. The van der Waals surface area contributed by atoms with Gasteiger partial charge >= 0.3 is 6.03 Å². The van der Waals surface area contributed by atoms with Gasteiger partial charge in [0.1, 0.15) is 0 Å². The number of hydrogen-bond acceptors (Lipinski definition) is 4. The monoisotopic (exact) mass is 396 g/mol. The Bertz CT molecular complexity index is 832. The molecular formula is C22H28N4O3. The number of benzene rings is 2. The molecule has 0 unspecified atom stereocenters. The molecule has 0 saturated carbocycles. The highest BCUT2D eigenvalue weighted by atomic mass is 16.5. The molecule has 0 atom stereocenters. The molecule has 1 aliphatic rings. The number of amides is 3. The zero-order chi connectivity index (χ0) is 20.6. The normalized spacial score (nSPS) is 13.7. The molecule has 0 spiro atoms. The summed E-state index contributed by atoms with van der Waals surface area (Å²) in [5, 5.41) is 5.66. The minimum Gasteiger partial charge on any atom is -0.378 e. The van der Waals surface area contributed by atoms with Crippen molar-refractivity contribution in [1.82, 2.24) is 10.2 Å². The molecule has 0 radical (unpaired) electrons. The summed E-state index contributed by atoms with van der Waals surface area (Å²) in [7, 11) is 1.78. The van der Waals surface area contributed by atoms with Crippen LogP contribution in [0, 0.1) is 0 Å². The van der Waals surface area contributed by atoms with Crippen molar-refractivity contribution >= 4 is 23.3 Å². The van der Waals surface area contributed by atoms with E-state index in [1.54, 1.807) is 11.9 Å². The van der Waals surface area contributed by atoms with Crippen LogP contribution in [0.5, 0.6) is 0 Å². The van der Waals surface area contributed by atoms with Crippen molar-refractivity contribution in [3.05, 3.63) is 59.7 Å². The molecule has 2 aromatic rings. The van der Waals surface area contributed by atoms with Gasteiger partial charge in [-0.3, -0.25) is 4.79 Å². The summed E-state index contributed by atoms with van der Waals surface area (Å²) in [6, 6.07) is 15.6. The Morgan fingerprint density at radius 3 is 2.48 bits per heavy atom. The van der Waals surface area contributed by atoms with Gasteiger partial charge in [0.05, 0.1) is 13.2 Å². The Balaban J connectivity index is 1.49. The van der Waals surface area contributed by atoms with Crippen molar-refractivity contribution in [1.29, 1.82) is 0 Å². The molecule has 1 fully saturated rings. The lowest BCUT2D eigenvalue weighted by Gasteiger charge is -2.29. The van der Waals surface area contributed by atoms with Gasteiger partial charge < -0.3 is 25.2 Å². The van der Waals surface area contributed by atoms with Crippen LogP contribution in [0.3, 0.4) is 0 Å². The standard InChI is InChI=1S/C22H28N4O3/c1-17(27)24-20-5-3-4-19(14-20)15-23-22(28)25(2)16-18-6-8-21(9-7-18)26-10-12-29-13-11-26/h3-9,14H,10-13,15-16H2,1-2H3,(H,23,28)(H,24,27). The number of hydrogen-bond donors (Lipinski definition) is 2. The summed E-state index contributed by atoms with van der Waals surface area (Å²) in [5.41, 5.74) is 3.90. The van der Waals surface area contributed by atoms with Gasteiger partial charge in [0.25, 0.3) is 0 Å². The lowest BCUT2D eigenvalue weighted by Crippen LogP contribution is -2.36. The Kier molecular flexibility index (Phi) is 7.08. The molecule has 0 bridgehead atoms. The van der Waals surface area contributed by atoms with Crippen LogP contribution in [-0.2, 0) is 22.6 Å². The molecule has 154 valence electrons. The van der Waals surface area contributed by atoms with Gasteiger partial charge in [-0.15, -0.1) is 0 Å². The van der Waals surface area contributed by atoms with Crippen molar-refractivity contribution in [2.75, 3.05) is 43.6 Å². The number of urea groups is 1. The van der Waals surface area contributed by atoms with Gasteiger partial charge in [-0.25, -0.2) is 4.79 Å². The highest BCUT2D eigenvalue weighted by Gasteiger charge is 2.12. The minimum atomic E-state index is -0.146. The maximum atomic E-state index is 12.4. The minimum absolute atomic E-state index is 0.120. The van der Waals surface area contributed by atoms with E-state index >= 15 is 0 Å². The fraction of sp³-hybridized carbons (Fsp3) is 0.364. The number of nitrogens with one attached hydrogen (secondary N) is 2. The van der Waals surface area contributed by atoms with E-state index in [1.807, 2.05) is 24.3 Å². The van der Waals surface area contributed by atoms with Crippen molar-refractivity contribution in [3.63, 3.8) is 0 Å². The first kappa shape index (κ1) is 20.7. The van der Waals surface area contributed by atoms with E-state index in [0.29, 0.717) is 13.1 Å². The fourth-order valence-electron chi connectivity index (χ4n) is 3.25. The average molecular weight is 396 g/mol. The molecule has 1 saturated heterocycles. The maximum absolute atomic E-state index is 12.4. The Labute approximate surface area is 171 Å². The van der Waals surface area contributed by atoms with Crippen LogP contribution in [0.2, 0.25) is 0 Å². The highest BCUT2D eigenvalue weighted by molar-refractivity contribution is 5.88. The first-order valence-corrected chi connectivity index (χ1v) is 9.78. The van der Waals surface area contributed by atoms with E-state index in [0.717, 1.165) is 43.1 Å². The summed E-state index contributed by atoms with van der Waals surface area (Å²) in [4.78, 5) is 27.5. The summed E-state index contributed by atoms with van der Waals surface area (Å²) < 4.78 is 5.39. The number of nitrogens with zero attached hydrogens (tertiary/aromatic N) is 2. The Morgan fingerprint density at radius 1 is 1.07 bits per heavy atom. The Morgan fingerprint density at radius 2 is 1.79 bits per heavy atom. The summed E-state index contributed by atoms with van der Waals surface area (Å²) in [6.45, 7) is 5.73. The van der Waals surface area contributed by atoms with Crippen LogP contribution in [0.25, 0.3) is 0 Å². The van der Waals surface area contributed by atoms with E-state index < -0.39 is 0 Å². The van der Waals surface area contributed by atoms with Crippen LogP contribution in [0.4, 0.5) is 16.2 Å². The zero-order valence-corrected chi connectivity index (χ0v) is 17.0. The molecule has 2 N–H and O–H groups in total. The predicted octanol–water partition coefficient (Wildman–Crippen LogP) is 2.82. The van der Waals surface area contributed by atoms with Crippen molar-refractivity contribution < 1.29 is 14.3 Å². The first-order valence-electron chi connectivity index (χ1n) is 9.78. The number of carbonyl (C=O) groups is 2. The molecule has 0 aromatic heterocycles. The number of carbonyl (C=O) groups excluding carboxylic acids is 2. The molecule has 1 heterocycles. The first-order chi connectivity index (χ1) is 14.0. The van der Waals surface area contributed by atoms with Gasteiger partial charge in [-0.1, -0.05) is 24.3 Å². The zero-order valence-electron chi connectivity index (χ0n) is 17.0. The average Bonchev–Trinajstić information content (AvgIpc) is 2.73. The second-order valence-electron chi connectivity index (χ2n) is 7.16. The van der Waals surface area contributed by atoms with Crippen LogP contribution in [0.1, 0.15) is 18.1 Å². The van der Waals surface area contributed by atoms with Crippen molar-refractivity contribution in [2.45, 2.75) is 20.0 Å². The van der Waals surface area contributed by atoms with Gasteiger partial charge in [0.15, 0.2) is 0 Å². The lowest BCUT2D eigenvalue weighted by atomic mass is 10.2. The number of ether oxygens (including phenoxy) is 1. The van der Waals surface area contributed by atoms with Gasteiger partial charge in [-0.2, -0.15) is 0 Å². The molecule has 3 amide bonds. The molecule has 29 heavy (non-hydrogen) atoms. The van der Waals surface area contributed by atoms with Crippen LogP contribution < -0.4 is 15.5 Å². The van der Waals surface area contributed by atoms with Crippen LogP contribution in [0.15, 0.2) is 48.5 Å². The predicted molar refractivity (Wildman–Crippen MR) is 114 cm³/mol. The van der Waals surface area contributed by atoms with Gasteiger partial charge in [0, 0.05) is 51.5 Å². The second-order valence-corrected chi connectivity index (χ2v) is 7.16. The van der Waals surface area contributed by atoms with Gasteiger partial charge in [0.2, 0.25) is 5.91 Å². The molecule has 1 aliphatic heterocycles. The second kappa shape index (κ2) is 9.93. The van der Waals surface area contributed by atoms with E-state index in [9.17, 15) is 9.59 Å². The number of anilines is 2. The van der Waals surface area contributed by atoms with Crippen molar-refractivity contribution in [2.24, 2.45) is 0 Å². The maximum Gasteiger partial charge on any atom is 0.317 e. The van der Waals surface area contributed by atoms with Crippen LogP contribution >= 0.6 is 0 Å². The fourth-order valence-corrected chi connectivity index (χ4v) is 3.25. The smallest absolute Gasteiger partial charge is 0.317 e. The van der Waals surface area contributed by atoms with E-state index in [-0.39, 0.29) is 11.9 Å². The van der Waals surface area contributed by atoms with Crippen molar-refractivity contribution in [3.8, 4) is 0 Å². The number of rotatable bonds is 6. The molecule has 2 aromatic carbocycles. The van der Waals surface area contributed by atoms with Crippen LogP contribution in [-0.4, -0.2) is 50.2 Å².